The SMILES string of the molecule is NCc1cc(C(=O)NCCc2nccs2)ccn1. The molecule has 0 bridgehead atoms. The summed E-state index contributed by atoms with van der Waals surface area (Å²) in [6.45, 7) is 0.910. The smallest absolute Gasteiger partial charge is 0.251 e. The minimum atomic E-state index is -0.108. The van der Waals surface area contributed by atoms with Crippen LogP contribution in [0.25, 0.3) is 0 Å². The predicted molar refractivity (Wildman–Crippen MR) is 70.3 cm³/mol. The summed E-state index contributed by atoms with van der Waals surface area (Å²) in [7, 11) is 0. The van der Waals surface area contributed by atoms with Gasteiger partial charge in [0.25, 0.3) is 5.91 Å². The second-order valence-electron chi connectivity index (χ2n) is 3.67. The van der Waals surface area contributed by atoms with Crippen LogP contribution in [0.2, 0.25) is 0 Å². The van der Waals surface area contributed by atoms with Gasteiger partial charge >= 0.3 is 0 Å². The number of aromatic nitrogens is 2. The number of amides is 1. The van der Waals surface area contributed by atoms with Gasteiger partial charge in [0.15, 0.2) is 0 Å². The van der Waals surface area contributed by atoms with Gasteiger partial charge in [-0.2, -0.15) is 0 Å². The number of nitrogens with zero attached hydrogens (tertiary/aromatic N) is 2. The van der Waals surface area contributed by atoms with Crippen LogP contribution < -0.4 is 11.1 Å². The minimum absolute atomic E-state index is 0.108. The molecule has 94 valence electrons. The number of nitrogens with two attached hydrogens (primary N) is 1. The lowest BCUT2D eigenvalue weighted by atomic mass is 10.2. The Labute approximate surface area is 109 Å². The quantitative estimate of drug-likeness (QED) is 0.841. The van der Waals surface area contributed by atoms with E-state index in [2.05, 4.69) is 15.3 Å². The van der Waals surface area contributed by atoms with Crippen molar-refractivity contribution in [2.24, 2.45) is 5.73 Å². The number of hydrogen-bond acceptors (Lipinski definition) is 5. The molecule has 0 aliphatic heterocycles. The average Bonchev–Trinajstić information content (AvgIpc) is 2.92. The Kier molecular flexibility index (Phi) is 4.38. The van der Waals surface area contributed by atoms with Crippen LogP contribution in [0.3, 0.4) is 0 Å². The molecule has 0 atom stereocenters. The lowest BCUT2D eigenvalue weighted by molar-refractivity contribution is 0.0954. The van der Waals surface area contributed by atoms with E-state index in [1.54, 1.807) is 35.9 Å². The maximum absolute atomic E-state index is 11.8. The molecule has 1 amide bonds. The van der Waals surface area contributed by atoms with E-state index >= 15 is 0 Å². The summed E-state index contributed by atoms with van der Waals surface area (Å²) < 4.78 is 0. The van der Waals surface area contributed by atoms with Crippen LogP contribution in [0.4, 0.5) is 0 Å². The first-order valence-corrected chi connectivity index (χ1v) is 6.49. The van der Waals surface area contributed by atoms with Crippen LogP contribution in [0.5, 0.6) is 0 Å². The van der Waals surface area contributed by atoms with E-state index in [4.69, 9.17) is 5.73 Å². The first-order valence-electron chi connectivity index (χ1n) is 5.61. The van der Waals surface area contributed by atoms with Crippen LogP contribution in [-0.4, -0.2) is 22.4 Å². The number of pyridine rings is 1. The molecule has 2 heterocycles. The molecular formula is C12H14N4OS. The number of carbonyl (C=O) groups excluding carboxylic acids is 1. The minimum Gasteiger partial charge on any atom is -0.352 e. The van der Waals surface area contributed by atoms with Gasteiger partial charge in [0.2, 0.25) is 0 Å². The fourth-order valence-electron chi connectivity index (χ4n) is 1.49. The third kappa shape index (κ3) is 3.35. The van der Waals surface area contributed by atoms with E-state index in [0.717, 1.165) is 11.4 Å². The summed E-state index contributed by atoms with van der Waals surface area (Å²) in [6, 6.07) is 3.39. The number of hydrogen-bond donors (Lipinski definition) is 2. The molecule has 0 aliphatic carbocycles. The van der Waals surface area contributed by atoms with Crippen molar-refractivity contribution in [3.63, 3.8) is 0 Å². The van der Waals surface area contributed by atoms with E-state index in [0.29, 0.717) is 24.3 Å². The van der Waals surface area contributed by atoms with Crippen LogP contribution in [0.1, 0.15) is 21.1 Å². The highest BCUT2D eigenvalue weighted by atomic mass is 32.1. The normalized spacial score (nSPS) is 10.3. The Morgan fingerprint density at radius 2 is 2.28 bits per heavy atom. The molecule has 0 spiro atoms. The highest BCUT2D eigenvalue weighted by molar-refractivity contribution is 7.09. The second-order valence-corrected chi connectivity index (χ2v) is 4.65. The van der Waals surface area contributed by atoms with Gasteiger partial charge in [-0.1, -0.05) is 0 Å². The highest BCUT2D eigenvalue weighted by Crippen LogP contribution is 2.04. The monoisotopic (exact) mass is 262 g/mol. The van der Waals surface area contributed by atoms with Crippen molar-refractivity contribution < 1.29 is 4.79 Å². The predicted octanol–water partition coefficient (Wildman–Crippen LogP) is 0.969. The molecular weight excluding hydrogens is 248 g/mol. The Balaban J connectivity index is 1.87. The number of nitrogens with one attached hydrogen (secondary N) is 1. The zero-order valence-electron chi connectivity index (χ0n) is 9.80. The standard InChI is InChI=1S/C12H14N4OS/c13-8-10-7-9(1-3-14-10)12(17)16-4-2-11-15-5-6-18-11/h1,3,5-7H,2,4,8,13H2,(H,16,17). The van der Waals surface area contributed by atoms with Gasteiger partial charge in [-0.3, -0.25) is 9.78 Å². The number of thiazole rings is 1. The van der Waals surface area contributed by atoms with Crippen LogP contribution in [0.15, 0.2) is 29.9 Å². The lowest BCUT2D eigenvalue weighted by Gasteiger charge is -2.04. The van der Waals surface area contributed by atoms with E-state index in [-0.39, 0.29) is 5.91 Å². The summed E-state index contributed by atoms with van der Waals surface area (Å²) in [5.41, 5.74) is 6.78. The van der Waals surface area contributed by atoms with E-state index in [1.165, 1.54) is 0 Å². The van der Waals surface area contributed by atoms with Crippen molar-refractivity contribution >= 4 is 17.2 Å². The van der Waals surface area contributed by atoms with Crippen LogP contribution in [-0.2, 0) is 13.0 Å². The second kappa shape index (κ2) is 6.23. The third-order valence-electron chi connectivity index (χ3n) is 2.40. The number of rotatable bonds is 5. The highest BCUT2D eigenvalue weighted by Gasteiger charge is 2.06. The average molecular weight is 262 g/mol. The Morgan fingerprint density at radius 1 is 1.39 bits per heavy atom. The molecule has 2 rings (SSSR count). The fourth-order valence-corrected chi connectivity index (χ4v) is 2.11. The molecule has 6 heteroatoms. The molecule has 2 aromatic heterocycles. The maximum atomic E-state index is 11.8. The zero-order chi connectivity index (χ0) is 12.8. The molecule has 0 aliphatic rings. The van der Waals surface area contributed by atoms with Gasteiger partial charge in [0.1, 0.15) is 0 Å². The van der Waals surface area contributed by atoms with E-state index in [1.807, 2.05) is 5.38 Å². The molecule has 0 unspecified atom stereocenters. The summed E-state index contributed by atoms with van der Waals surface area (Å²) in [5, 5.41) is 5.79. The van der Waals surface area contributed by atoms with Gasteiger partial charge in [-0.15, -0.1) is 11.3 Å². The van der Waals surface area contributed by atoms with Gasteiger partial charge < -0.3 is 11.1 Å². The van der Waals surface area contributed by atoms with Gasteiger partial charge in [-0.05, 0) is 12.1 Å². The van der Waals surface area contributed by atoms with Gasteiger partial charge in [0.05, 0.1) is 10.7 Å². The third-order valence-corrected chi connectivity index (χ3v) is 3.24. The van der Waals surface area contributed by atoms with E-state index in [9.17, 15) is 4.79 Å². The molecule has 3 N–H and O–H groups in total. The Bertz CT molecular complexity index is 513. The first kappa shape index (κ1) is 12.7. The molecule has 0 saturated heterocycles. The first-order chi connectivity index (χ1) is 8.79. The molecule has 2 aromatic rings. The van der Waals surface area contributed by atoms with Gasteiger partial charge in [0, 0.05) is 42.8 Å². The van der Waals surface area contributed by atoms with E-state index < -0.39 is 0 Å². The van der Waals surface area contributed by atoms with Crippen LogP contribution >= 0.6 is 11.3 Å². The lowest BCUT2D eigenvalue weighted by Crippen LogP contribution is -2.25. The zero-order valence-corrected chi connectivity index (χ0v) is 10.6. The largest absolute Gasteiger partial charge is 0.352 e. The maximum Gasteiger partial charge on any atom is 0.251 e. The molecule has 18 heavy (non-hydrogen) atoms. The van der Waals surface area contributed by atoms with Crippen molar-refractivity contribution in [2.75, 3.05) is 6.54 Å². The van der Waals surface area contributed by atoms with Crippen molar-refractivity contribution in [1.82, 2.24) is 15.3 Å². The van der Waals surface area contributed by atoms with Crippen molar-refractivity contribution in [2.45, 2.75) is 13.0 Å². The van der Waals surface area contributed by atoms with Crippen molar-refractivity contribution in [3.8, 4) is 0 Å². The molecule has 5 nitrogen and oxygen atoms in total. The summed E-state index contributed by atoms with van der Waals surface area (Å²) in [4.78, 5) is 20.0. The molecule has 0 saturated carbocycles. The molecule has 0 aromatic carbocycles. The fraction of sp³-hybridized carbons (Fsp3) is 0.250. The van der Waals surface area contributed by atoms with Crippen LogP contribution in [0, 0.1) is 0 Å². The van der Waals surface area contributed by atoms with Crippen molar-refractivity contribution in [3.05, 3.63) is 46.2 Å². The Hall–Kier alpha value is -1.79. The van der Waals surface area contributed by atoms with Crippen molar-refractivity contribution in [1.29, 1.82) is 0 Å². The molecule has 0 radical (unpaired) electrons. The Morgan fingerprint density at radius 3 is 3.00 bits per heavy atom. The number of carbonyl (C=O) groups is 1. The summed E-state index contributed by atoms with van der Waals surface area (Å²) in [5.74, 6) is -0.108. The van der Waals surface area contributed by atoms with Gasteiger partial charge in [-0.25, -0.2) is 4.98 Å². The molecule has 0 fully saturated rings. The topological polar surface area (TPSA) is 80.9 Å². The summed E-state index contributed by atoms with van der Waals surface area (Å²) in [6.07, 6.45) is 4.11. The summed E-state index contributed by atoms with van der Waals surface area (Å²) >= 11 is 1.59.